The molecule has 0 amide bonds. The lowest BCUT2D eigenvalue weighted by Gasteiger charge is -2.23. The van der Waals surface area contributed by atoms with Gasteiger partial charge in [-0.25, -0.2) is 0 Å². The van der Waals surface area contributed by atoms with E-state index >= 15 is 0 Å². The Bertz CT molecular complexity index is 480. The maximum absolute atomic E-state index is 7.62. The van der Waals surface area contributed by atoms with Gasteiger partial charge in [0.25, 0.3) is 0 Å². The highest BCUT2D eigenvalue weighted by Crippen LogP contribution is 2.13. The molecule has 0 aliphatic heterocycles. The molecule has 0 aliphatic carbocycles. The van der Waals surface area contributed by atoms with Crippen molar-refractivity contribution in [1.29, 1.82) is 5.41 Å². The molecule has 0 unspecified atom stereocenters. The molecule has 1 aromatic rings. The molecule has 1 heterocycles. The van der Waals surface area contributed by atoms with Crippen molar-refractivity contribution in [2.45, 2.75) is 32.6 Å². The van der Waals surface area contributed by atoms with E-state index < -0.39 is 0 Å². The summed E-state index contributed by atoms with van der Waals surface area (Å²) in [6.45, 7) is 3.48. The predicted molar refractivity (Wildman–Crippen MR) is 91.7 cm³/mol. The van der Waals surface area contributed by atoms with Gasteiger partial charge in [0, 0.05) is 19.3 Å². The molecule has 0 spiro atoms. The molecule has 0 bridgehead atoms. The first-order valence-electron chi connectivity index (χ1n) is 7.05. The number of nitrogens with zero attached hydrogens (tertiary/aromatic N) is 2. The molecule has 0 saturated carbocycles. The number of aryl methyl sites for hydroxylation is 1. The molecule has 0 saturated heterocycles. The lowest BCUT2D eigenvalue weighted by atomic mass is 10.2. The lowest BCUT2D eigenvalue weighted by molar-refractivity contribution is 0.548. The van der Waals surface area contributed by atoms with E-state index in [4.69, 9.17) is 35.0 Å². The zero-order chi connectivity index (χ0) is 15.7. The third kappa shape index (κ3) is 6.27. The molecule has 0 aliphatic rings. The molecule has 1 aromatic heterocycles. The summed E-state index contributed by atoms with van der Waals surface area (Å²) in [5, 5.41) is 11.9. The summed E-state index contributed by atoms with van der Waals surface area (Å²) in [7, 11) is 0. The molecule has 5 nitrogen and oxygen atoms in total. The number of nitrogens with two attached hydrogens (primary N) is 1. The average Bonchev–Trinajstić information content (AvgIpc) is 2.45. The number of rotatable bonds is 7. The Balaban J connectivity index is 2.46. The van der Waals surface area contributed by atoms with Gasteiger partial charge in [0.1, 0.15) is 0 Å². The second-order valence-electron chi connectivity index (χ2n) is 4.66. The Labute approximate surface area is 136 Å². The second kappa shape index (κ2) is 9.52. The predicted octanol–water partition coefficient (Wildman–Crippen LogP) is 2.54. The van der Waals surface area contributed by atoms with Gasteiger partial charge in [-0.2, -0.15) is 0 Å². The van der Waals surface area contributed by atoms with Gasteiger partial charge in [-0.1, -0.05) is 24.9 Å². The Kier molecular flexibility index (Phi) is 8.00. The summed E-state index contributed by atoms with van der Waals surface area (Å²) in [5.41, 5.74) is 6.45. The standard InChI is InChI=1S/C14H22ClN5S/c1-2-3-8-19-14(21)20(13(16)17)10-5-7-12-11(15)6-4-9-18-12/h4,6,9H,2-3,5,7-8,10H2,1H3,(H3,16,17)(H,19,21). The van der Waals surface area contributed by atoms with E-state index in [2.05, 4.69) is 17.2 Å². The molecule has 21 heavy (non-hydrogen) atoms. The minimum Gasteiger partial charge on any atom is -0.370 e. The van der Waals surface area contributed by atoms with Crippen LogP contribution in [0.4, 0.5) is 0 Å². The molecule has 1 rings (SSSR count). The fourth-order valence-electron chi connectivity index (χ4n) is 1.81. The van der Waals surface area contributed by atoms with E-state index in [9.17, 15) is 0 Å². The first-order chi connectivity index (χ1) is 10.1. The molecular weight excluding hydrogens is 306 g/mol. The quantitative estimate of drug-likeness (QED) is 0.310. The van der Waals surface area contributed by atoms with Crippen molar-refractivity contribution in [3.8, 4) is 0 Å². The third-order valence-electron chi connectivity index (χ3n) is 2.97. The summed E-state index contributed by atoms with van der Waals surface area (Å²) in [6, 6.07) is 3.63. The molecular formula is C14H22ClN5S. The van der Waals surface area contributed by atoms with E-state index in [0.717, 1.165) is 37.9 Å². The van der Waals surface area contributed by atoms with Crippen LogP contribution in [-0.2, 0) is 6.42 Å². The topological polar surface area (TPSA) is 78.0 Å². The molecule has 0 fully saturated rings. The van der Waals surface area contributed by atoms with Crippen LogP contribution in [0.25, 0.3) is 0 Å². The van der Waals surface area contributed by atoms with Crippen LogP contribution in [0.5, 0.6) is 0 Å². The average molecular weight is 328 g/mol. The lowest BCUT2D eigenvalue weighted by Crippen LogP contribution is -2.47. The zero-order valence-corrected chi connectivity index (χ0v) is 13.8. The summed E-state index contributed by atoms with van der Waals surface area (Å²) < 4.78 is 0. The van der Waals surface area contributed by atoms with Gasteiger partial charge in [0.2, 0.25) is 0 Å². The van der Waals surface area contributed by atoms with Crippen LogP contribution in [-0.4, -0.2) is 34.0 Å². The van der Waals surface area contributed by atoms with Crippen molar-refractivity contribution in [2.24, 2.45) is 5.73 Å². The Morgan fingerprint density at radius 2 is 2.29 bits per heavy atom. The van der Waals surface area contributed by atoms with Gasteiger partial charge in [-0.15, -0.1) is 0 Å². The zero-order valence-electron chi connectivity index (χ0n) is 12.2. The van der Waals surface area contributed by atoms with Crippen LogP contribution < -0.4 is 11.1 Å². The SMILES string of the molecule is CCCCNC(=S)N(CCCc1ncccc1Cl)C(=N)N. The van der Waals surface area contributed by atoms with E-state index in [1.54, 1.807) is 17.2 Å². The second-order valence-corrected chi connectivity index (χ2v) is 5.45. The summed E-state index contributed by atoms with van der Waals surface area (Å²) >= 11 is 11.3. The molecule has 7 heteroatoms. The number of guanidine groups is 1. The number of halogens is 1. The van der Waals surface area contributed by atoms with Crippen molar-refractivity contribution < 1.29 is 0 Å². The highest BCUT2D eigenvalue weighted by molar-refractivity contribution is 7.80. The smallest absolute Gasteiger partial charge is 0.194 e. The highest BCUT2D eigenvalue weighted by Gasteiger charge is 2.12. The van der Waals surface area contributed by atoms with E-state index in [1.807, 2.05) is 6.07 Å². The van der Waals surface area contributed by atoms with Gasteiger partial charge in [-0.05, 0) is 43.6 Å². The molecule has 4 N–H and O–H groups in total. The van der Waals surface area contributed by atoms with Gasteiger partial charge >= 0.3 is 0 Å². The van der Waals surface area contributed by atoms with Gasteiger partial charge in [0.05, 0.1) is 10.7 Å². The normalized spacial score (nSPS) is 10.2. The first kappa shape index (κ1) is 17.7. The Morgan fingerprint density at radius 3 is 2.90 bits per heavy atom. The number of pyridine rings is 1. The van der Waals surface area contributed by atoms with E-state index in [1.165, 1.54) is 0 Å². The van der Waals surface area contributed by atoms with Crippen LogP contribution in [0.1, 0.15) is 31.9 Å². The minimum atomic E-state index is -0.0453. The van der Waals surface area contributed by atoms with Crippen molar-refractivity contribution >= 4 is 34.9 Å². The van der Waals surface area contributed by atoms with Crippen LogP contribution >= 0.6 is 23.8 Å². The van der Waals surface area contributed by atoms with Crippen LogP contribution in [0, 0.1) is 5.41 Å². The third-order valence-corrected chi connectivity index (χ3v) is 3.68. The minimum absolute atomic E-state index is 0.0453. The number of aromatic nitrogens is 1. The summed E-state index contributed by atoms with van der Waals surface area (Å²) in [5.74, 6) is -0.0453. The van der Waals surface area contributed by atoms with Crippen LogP contribution in [0.15, 0.2) is 18.3 Å². The fourth-order valence-corrected chi connectivity index (χ4v) is 2.31. The Morgan fingerprint density at radius 1 is 1.52 bits per heavy atom. The largest absolute Gasteiger partial charge is 0.370 e. The van der Waals surface area contributed by atoms with Gasteiger partial charge < -0.3 is 11.1 Å². The van der Waals surface area contributed by atoms with Gasteiger partial charge in [0.15, 0.2) is 11.1 Å². The fraction of sp³-hybridized carbons (Fsp3) is 0.500. The summed E-state index contributed by atoms with van der Waals surface area (Å²) in [4.78, 5) is 5.84. The number of thiocarbonyl (C=S) groups is 1. The van der Waals surface area contributed by atoms with Crippen molar-refractivity contribution in [2.75, 3.05) is 13.1 Å². The van der Waals surface area contributed by atoms with Gasteiger partial charge in [-0.3, -0.25) is 15.3 Å². The van der Waals surface area contributed by atoms with Crippen molar-refractivity contribution in [1.82, 2.24) is 15.2 Å². The summed E-state index contributed by atoms with van der Waals surface area (Å²) in [6.07, 6.45) is 5.34. The maximum atomic E-state index is 7.62. The van der Waals surface area contributed by atoms with Crippen LogP contribution in [0.2, 0.25) is 5.02 Å². The molecule has 116 valence electrons. The van der Waals surface area contributed by atoms with E-state index in [0.29, 0.717) is 16.7 Å². The van der Waals surface area contributed by atoms with Crippen molar-refractivity contribution in [3.05, 3.63) is 29.0 Å². The van der Waals surface area contributed by atoms with Crippen LogP contribution in [0.3, 0.4) is 0 Å². The van der Waals surface area contributed by atoms with Crippen molar-refractivity contribution in [3.63, 3.8) is 0 Å². The van der Waals surface area contributed by atoms with E-state index in [-0.39, 0.29) is 5.96 Å². The molecule has 0 radical (unpaired) electrons. The maximum Gasteiger partial charge on any atom is 0.194 e. The highest BCUT2D eigenvalue weighted by atomic mass is 35.5. The number of nitrogens with one attached hydrogen (secondary N) is 2. The monoisotopic (exact) mass is 327 g/mol. The molecule has 0 aromatic carbocycles. The number of hydrogen-bond donors (Lipinski definition) is 3. The Hall–Kier alpha value is -1.40. The molecule has 0 atom stereocenters. The number of hydrogen-bond acceptors (Lipinski definition) is 3. The first-order valence-corrected chi connectivity index (χ1v) is 7.83. The number of unbranched alkanes of at least 4 members (excludes halogenated alkanes) is 1.